The Hall–Kier alpha value is -8.98. The van der Waals surface area contributed by atoms with Crippen molar-refractivity contribution in [2.75, 3.05) is 0 Å². The Morgan fingerprint density at radius 2 is 0.710 bits per heavy atom. The van der Waals surface area contributed by atoms with Gasteiger partial charge in [0.1, 0.15) is 0 Å². The highest BCUT2D eigenvalue weighted by Crippen LogP contribution is 2.57. The molecule has 0 bridgehead atoms. The summed E-state index contributed by atoms with van der Waals surface area (Å²) in [5.74, 6) is 0. The van der Waals surface area contributed by atoms with E-state index in [-0.39, 0.29) is 0 Å². The van der Waals surface area contributed by atoms with E-state index in [9.17, 15) is 0 Å². The molecule has 0 fully saturated rings. The molecule has 1 atom stereocenters. The van der Waals surface area contributed by atoms with Crippen LogP contribution < -0.4 is 0 Å². The molecule has 0 saturated carbocycles. The van der Waals surface area contributed by atoms with Crippen molar-refractivity contribution in [1.82, 2.24) is 9.13 Å². The number of nitrogens with zero attached hydrogens (tertiary/aromatic N) is 2. The van der Waals surface area contributed by atoms with E-state index < -0.39 is 5.41 Å². The maximum Gasteiger partial charge on any atom is 0.0788 e. The first-order chi connectivity index (χ1) is 34.3. The molecule has 2 heterocycles. The Morgan fingerprint density at radius 3 is 1.38 bits per heavy atom. The highest BCUT2D eigenvalue weighted by atomic mass is 15.0. The topological polar surface area (TPSA) is 9.86 Å². The maximum atomic E-state index is 2.53. The number of fused-ring (bicyclic) bond motifs is 16. The van der Waals surface area contributed by atoms with Gasteiger partial charge in [0.2, 0.25) is 0 Å². The lowest BCUT2D eigenvalue weighted by Crippen LogP contribution is -2.28. The number of benzene rings is 12. The highest BCUT2D eigenvalue weighted by Gasteiger charge is 2.46. The van der Waals surface area contributed by atoms with Crippen LogP contribution in [0.4, 0.5) is 0 Å². The summed E-state index contributed by atoms with van der Waals surface area (Å²) in [6.07, 6.45) is 0. The van der Waals surface area contributed by atoms with E-state index in [0.717, 1.165) is 11.4 Å². The normalized spacial score (nSPS) is 14.4. The zero-order valence-corrected chi connectivity index (χ0v) is 37.6. The van der Waals surface area contributed by atoms with E-state index in [0.29, 0.717) is 0 Å². The molecule has 0 spiro atoms. The van der Waals surface area contributed by atoms with Gasteiger partial charge in [0.25, 0.3) is 0 Å². The standard InChI is InChI=1S/C67H42N2/c1-4-18-45(19-5-1)67(61-30-16-14-28-54(61)55-36-33-44(41-62(55)67)43-32-35-53-51-26-11-10-24-49(51)50-25-12-13-27-52(50)59(53)40-43)46-34-39-64-60(42-46)58-38-37-57-56-29-15-17-31-63(56)68(47-20-6-2-7-21-47)65(57)66(58)69(64)48-22-8-3-9-23-48/h1-42H. The van der Waals surface area contributed by atoms with Gasteiger partial charge in [-0.15, -0.1) is 0 Å². The molecule has 2 aromatic heterocycles. The average Bonchev–Trinajstić information content (AvgIpc) is 4.05. The first-order valence-electron chi connectivity index (χ1n) is 24.0. The molecule has 1 unspecified atom stereocenters. The van der Waals surface area contributed by atoms with Crippen LogP contribution in [-0.4, -0.2) is 9.13 Å². The third-order valence-electron chi connectivity index (χ3n) is 15.4. The van der Waals surface area contributed by atoms with E-state index in [1.165, 1.54) is 120 Å². The molecule has 2 nitrogen and oxygen atoms in total. The first-order valence-corrected chi connectivity index (χ1v) is 24.0. The molecule has 1 aliphatic carbocycles. The lowest BCUT2D eigenvalue weighted by atomic mass is 9.67. The summed E-state index contributed by atoms with van der Waals surface area (Å²) < 4.78 is 4.98. The predicted octanol–water partition coefficient (Wildman–Crippen LogP) is 17.4. The quantitative estimate of drug-likeness (QED) is 0.153. The van der Waals surface area contributed by atoms with Crippen LogP contribution in [0.15, 0.2) is 255 Å². The van der Waals surface area contributed by atoms with Crippen molar-refractivity contribution in [3.63, 3.8) is 0 Å². The number of hydrogen-bond acceptors (Lipinski definition) is 0. The Morgan fingerprint density at radius 1 is 0.246 bits per heavy atom. The summed E-state index contributed by atoms with van der Waals surface area (Å²) in [5.41, 5.74) is 16.5. The first kappa shape index (κ1) is 38.2. The van der Waals surface area contributed by atoms with Crippen LogP contribution in [0.5, 0.6) is 0 Å². The van der Waals surface area contributed by atoms with Gasteiger partial charge in [0, 0.05) is 32.9 Å². The Bertz CT molecular complexity index is 4370. The second-order valence-electron chi connectivity index (χ2n) is 18.7. The van der Waals surface area contributed by atoms with Gasteiger partial charge in [0.15, 0.2) is 0 Å². The minimum atomic E-state index is -0.610. The molecule has 12 aromatic carbocycles. The molecule has 69 heavy (non-hydrogen) atoms. The second-order valence-corrected chi connectivity index (χ2v) is 18.7. The Kier molecular flexibility index (Phi) is 8.02. The van der Waals surface area contributed by atoms with Crippen LogP contribution in [-0.2, 0) is 5.41 Å². The highest BCUT2D eigenvalue weighted by molar-refractivity contribution is 6.26. The smallest absolute Gasteiger partial charge is 0.0788 e. The Labute approximate surface area is 399 Å². The van der Waals surface area contributed by atoms with Crippen molar-refractivity contribution in [3.8, 4) is 33.6 Å². The molecule has 15 rings (SSSR count). The summed E-state index contributed by atoms with van der Waals surface area (Å²) in [4.78, 5) is 0. The van der Waals surface area contributed by atoms with Gasteiger partial charge in [0.05, 0.1) is 27.5 Å². The van der Waals surface area contributed by atoms with Gasteiger partial charge in [-0.2, -0.15) is 0 Å². The summed E-state index contributed by atoms with van der Waals surface area (Å²) in [6, 6.07) is 95.1. The molecule has 14 aromatic rings. The Balaban J connectivity index is 1.03. The summed E-state index contributed by atoms with van der Waals surface area (Å²) >= 11 is 0. The van der Waals surface area contributed by atoms with Crippen molar-refractivity contribution >= 4 is 75.9 Å². The third-order valence-corrected chi connectivity index (χ3v) is 15.4. The molecule has 0 amide bonds. The van der Waals surface area contributed by atoms with Crippen LogP contribution >= 0.6 is 0 Å². The number of rotatable bonds is 5. The lowest BCUT2D eigenvalue weighted by molar-refractivity contribution is 0.770. The summed E-state index contributed by atoms with van der Waals surface area (Å²) in [5, 5.41) is 12.6. The number of para-hydroxylation sites is 3. The predicted molar refractivity (Wildman–Crippen MR) is 290 cm³/mol. The summed E-state index contributed by atoms with van der Waals surface area (Å²) in [6.45, 7) is 0. The second kappa shape index (κ2) is 14.5. The minimum absolute atomic E-state index is 0.610. The minimum Gasteiger partial charge on any atom is -0.307 e. The van der Waals surface area contributed by atoms with Crippen LogP contribution in [0.2, 0.25) is 0 Å². The van der Waals surface area contributed by atoms with Crippen LogP contribution in [0.1, 0.15) is 22.3 Å². The van der Waals surface area contributed by atoms with E-state index in [1.807, 2.05) is 0 Å². The van der Waals surface area contributed by atoms with E-state index in [4.69, 9.17) is 0 Å². The summed E-state index contributed by atoms with van der Waals surface area (Å²) in [7, 11) is 0. The molecular weight excluding hydrogens is 833 g/mol. The van der Waals surface area contributed by atoms with Crippen molar-refractivity contribution in [2.45, 2.75) is 5.41 Å². The molecule has 0 radical (unpaired) electrons. The average molecular weight is 875 g/mol. The van der Waals surface area contributed by atoms with Gasteiger partial charge in [-0.05, 0) is 131 Å². The van der Waals surface area contributed by atoms with Gasteiger partial charge in [-0.25, -0.2) is 0 Å². The molecule has 0 aliphatic heterocycles. The number of hydrogen-bond donors (Lipinski definition) is 0. The molecule has 2 heteroatoms. The number of aromatic nitrogens is 2. The van der Waals surface area contributed by atoms with Gasteiger partial charge < -0.3 is 9.13 Å². The molecule has 320 valence electrons. The zero-order valence-electron chi connectivity index (χ0n) is 37.6. The van der Waals surface area contributed by atoms with Crippen molar-refractivity contribution in [3.05, 3.63) is 277 Å². The van der Waals surface area contributed by atoms with E-state index in [1.54, 1.807) is 0 Å². The molecule has 0 N–H and O–H groups in total. The van der Waals surface area contributed by atoms with Crippen molar-refractivity contribution < 1.29 is 0 Å². The van der Waals surface area contributed by atoms with Crippen molar-refractivity contribution in [1.29, 1.82) is 0 Å². The van der Waals surface area contributed by atoms with Crippen LogP contribution in [0, 0.1) is 0 Å². The van der Waals surface area contributed by atoms with E-state index >= 15 is 0 Å². The van der Waals surface area contributed by atoms with Gasteiger partial charge >= 0.3 is 0 Å². The van der Waals surface area contributed by atoms with Gasteiger partial charge in [-0.3, -0.25) is 0 Å². The molecular formula is C67H42N2. The largest absolute Gasteiger partial charge is 0.307 e. The molecule has 0 saturated heterocycles. The maximum absolute atomic E-state index is 2.53. The van der Waals surface area contributed by atoms with Gasteiger partial charge in [-0.1, -0.05) is 200 Å². The fraction of sp³-hybridized carbons (Fsp3) is 0.0149. The fourth-order valence-corrected chi connectivity index (χ4v) is 12.5. The van der Waals surface area contributed by atoms with E-state index in [2.05, 4.69) is 264 Å². The zero-order chi connectivity index (χ0) is 45.2. The van der Waals surface area contributed by atoms with Crippen LogP contribution in [0.3, 0.4) is 0 Å². The monoisotopic (exact) mass is 874 g/mol. The molecule has 1 aliphatic rings. The third kappa shape index (κ3) is 5.26. The van der Waals surface area contributed by atoms with Crippen molar-refractivity contribution in [2.24, 2.45) is 0 Å². The lowest BCUT2D eigenvalue weighted by Gasteiger charge is -2.34. The fourth-order valence-electron chi connectivity index (χ4n) is 12.5. The van der Waals surface area contributed by atoms with Crippen LogP contribution in [0.25, 0.3) is 110 Å². The SMILES string of the molecule is c1ccc(-n2c3ccccc3c3ccc4c5cc(C6(c7ccccc7)c7ccccc7-c7ccc(-c8ccc9c%10ccccc%10c%10ccccc%10c9c8)cc76)ccc5n(-c5ccccc5)c4c32)cc1.